The fourth-order valence-corrected chi connectivity index (χ4v) is 5.42. The van der Waals surface area contributed by atoms with Crippen molar-refractivity contribution >= 4 is 34.8 Å². The van der Waals surface area contributed by atoms with Crippen molar-refractivity contribution in [3.63, 3.8) is 0 Å². The number of fused-ring (bicyclic) bond motifs is 1. The fraction of sp³-hybridized carbons (Fsp3) is 0.350. The zero-order valence-electron chi connectivity index (χ0n) is 15.7. The lowest BCUT2D eigenvalue weighted by Crippen LogP contribution is -2.16. The zero-order chi connectivity index (χ0) is 19.0. The Morgan fingerprint density at radius 2 is 2.26 bits per heavy atom. The number of hydrazone groups is 1. The number of aromatic nitrogens is 2. The molecule has 1 amide bonds. The Morgan fingerprint density at radius 1 is 1.41 bits per heavy atom. The van der Waals surface area contributed by atoms with Crippen LogP contribution < -0.4 is 5.43 Å². The maximum atomic E-state index is 12.5. The van der Waals surface area contributed by atoms with Crippen LogP contribution in [0.2, 0.25) is 0 Å². The summed E-state index contributed by atoms with van der Waals surface area (Å²) in [6.45, 7) is 6.35. The molecule has 0 aliphatic heterocycles. The van der Waals surface area contributed by atoms with Gasteiger partial charge in [0.05, 0.1) is 11.1 Å². The van der Waals surface area contributed by atoms with E-state index in [-0.39, 0.29) is 5.91 Å². The van der Waals surface area contributed by atoms with Gasteiger partial charge in [-0.25, -0.2) is 10.4 Å². The maximum absolute atomic E-state index is 12.5. The fourth-order valence-electron chi connectivity index (χ4n) is 3.57. The standard InChI is InChI=1S/C20H22N4OS2/c1-12-4-5-17-15(8-12)10-18(27-17)19(25)23-22-11-16-9-13(2)24(14(16)3)20-21-6-7-26-20/h6-7,9-12H,4-5,8H2,1-3H3,(H,23,25)/b22-11-/t12-/m1/s1. The van der Waals surface area contributed by atoms with Gasteiger partial charge in [-0.05, 0) is 56.7 Å². The number of nitrogens with one attached hydrogen (secondary N) is 1. The van der Waals surface area contributed by atoms with E-state index in [4.69, 9.17) is 0 Å². The van der Waals surface area contributed by atoms with Gasteiger partial charge in [0.15, 0.2) is 5.13 Å². The number of carbonyl (C=O) groups is 1. The van der Waals surface area contributed by atoms with E-state index < -0.39 is 0 Å². The van der Waals surface area contributed by atoms with Crippen LogP contribution in [0.15, 0.2) is 28.8 Å². The highest BCUT2D eigenvalue weighted by molar-refractivity contribution is 7.14. The molecule has 4 rings (SSSR count). The SMILES string of the molecule is Cc1cc(/C=N\NC(=O)c2cc3c(s2)CC[C@@H](C)C3)c(C)n1-c1nccs1. The first-order chi connectivity index (χ1) is 13.0. The van der Waals surface area contributed by atoms with E-state index >= 15 is 0 Å². The summed E-state index contributed by atoms with van der Waals surface area (Å²) in [5.74, 6) is 0.571. The van der Waals surface area contributed by atoms with Gasteiger partial charge >= 0.3 is 0 Å². The summed E-state index contributed by atoms with van der Waals surface area (Å²) in [7, 11) is 0. The molecule has 27 heavy (non-hydrogen) atoms. The lowest BCUT2D eigenvalue weighted by atomic mass is 9.90. The van der Waals surface area contributed by atoms with Crippen molar-refractivity contribution in [3.8, 4) is 5.13 Å². The first kappa shape index (κ1) is 18.1. The monoisotopic (exact) mass is 398 g/mol. The van der Waals surface area contributed by atoms with Crippen LogP contribution >= 0.6 is 22.7 Å². The molecule has 0 radical (unpaired) electrons. The van der Waals surface area contributed by atoms with Crippen LogP contribution in [0.25, 0.3) is 5.13 Å². The minimum atomic E-state index is -0.132. The average Bonchev–Trinajstić information content (AvgIpc) is 3.34. The molecule has 5 nitrogen and oxygen atoms in total. The lowest BCUT2D eigenvalue weighted by Gasteiger charge is -2.16. The zero-order valence-corrected chi connectivity index (χ0v) is 17.3. The summed E-state index contributed by atoms with van der Waals surface area (Å²) in [6.07, 6.45) is 6.88. The molecule has 1 N–H and O–H groups in total. The predicted octanol–water partition coefficient (Wildman–Crippen LogP) is 4.50. The molecule has 3 aromatic heterocycles. The minimum Gasteiger partial charge on any atom is -0.294 e. The van der Waals surface area contributed by atoms with Crippen LogP contribution in [-0.4, -0.2) is 21.7 Å². The van der Waals surface area contributed by atoms with Gasteiger partial charge in [0.1, 0.15) is 0 Å². The molecule has 0 aromatic carbocycles. The molecule has 140 valence electrons. The van der Waals surface area contributed by atoms with E-state index in [1.165, 1.54) is 16.9 Å². The maximum Gasteiger partial charge on any atom is 0.281 e. The largest absolute Gasteiger partial charge is 0.294 e. The molecule has 0 unspecified atom stereocenters. The number of amides is 1. The third kappa shape index (κ3) is 3.61. The molecule has 0 spiro atoms. The second-order valence-corrected chi connectivity index (χ2v) is 9.09. The number of aryl methyl sites for hydroxylation is 2. The quantitative estimate of drug-likeness (QED) is 0.519. The highest BCUT2D eigenvalue weighted by Gasteiger charge is 2.20. The Bertz CT molecular complexity index is 998. The van der Waals surface area contributed by atoms with E-state index in [1.54, 1.807) is 35.1 Å². The van der Waals surface area contributed by atoms with Gasteiger partial charge in [-0.1, -0.05) is 6.92 Å². The van der Waals surface area contributed by atoms with E-state index in [2.05, 4.69) is 33.1 Å². The van der Waals surface area contributed by atoms with Gasteiger partial charge in [-0.15, -0.1) is 22.7 Å². The molecule has 1 aliphatic carbocycles. The van der Waals surface area contributed by atoms with Crippen molar-refractivity contribution in [3.05, 3.63) is 56.0 Å². The van der Waals surface area contributed by atoms with E-state index in [1.807, 2.05) is 25.3 Å². The Kier molecular flexibility index (Phi) is 4.97. The van der Waals surface area contributed by atoms with Gasteiger partial charge in [0.25, 0.3) is 5.91 Å². The van der Waals surface area contributed by atoms with Gasteiger partial charge in [0, 0.05) is 33.4 Å². The summed E-state index contributed by atoms with van der Waals surface area (Å²) in [4.78, 5) is 18.9. The normalized spacial score (nSPS) is 16.6. The Morgan fingerprint density at radius 3 is 3.04 bits per heavy atom. The van der Waals surface area contributed by atoms with Crippen LogP contribution in [0.5, 0.6) is 0 Å². The number of carbonyl (C=O) groups excluding carboxylic acids is 1. The van der Waals surface area contributed by atoms with Crippen LogP contribution in [0.1, 0.15) is 50.4 Å². The third-order valence-corrected chi connectivity index (χ3v) is 7.00. The number of hydrogen-bond donors (Lipinski definition) is 1. The van der Waals surface area contributed by atoms with Crippen LogP contribution in [0.3, 0.4) is 0 Å². The van der Waals surface area contributed by atoms with Gasteiger partial charge in [0.2, 0.25) is 0 Å². The van der Waals surface area contributed by atoms with Crippen LogP contribution in [0.4, 0.5) is 0 Å². The molecular weight excluding hydrogens is 376 g/mol. The van der Waals surface area contributed by atoms with Crippen molar-refractivity contribution in [2.45, 2.75) is 40.0 Å². The molecule has 0 bridgehead atoms. The van der Waals surface area contributed by atoms with E-state index in [9.17, 15) is 4.79 Å². The Balaban J connectivity index is 1.47. The van der Waals surface area contributed by atoms with E-state index in [0.717, 1.165) is 39.8 Å². The molecule has 7 heteroatoms. The topological polar surface area (TPSA) is 59.3 Å². The number of rotatable bonds is 4. The van der Waals surface area contributed by atoms with Crippen LogP contribution in [0, 0.1) is 19.8 Å². The molecule has 0 saturated carbocycles. The van der Waals surface area contributed by atoms with Gasteiger partial charge in [-0.3, -0.25) is 9.36 Å². The van der Waals surface area contributed by atoms with Gasteiger partial charge < -0.3 is 0 Å². The van der Waals surface area contributed by atoms with Crippen molar-refractivity contribution in [1.29, 1.82) is 0 Å². The highest BCUT2D eigenvalue weighted by atomic mass is 32.1. The second kappa shape index (κ2) is 7.40. The minimum absolute atomic E-state index is 0.132. The second-order valence-electron chi connectivity index (χ2n) is 7.08. The molecular formula is C20H22N4OS2. The lowest BCUT2D eigenvalue weighted by molar-refractivity contribution is 0.0959. The molecule has 0 saturated heterocycles. The summed E-state index contributed by atoms with van der Waals surface area (Å²) in [6, 6.07) is 4.09. The number of hydrogen-bond acceptors (Lipinski definition) is 5. The van der Waals surface area contributed by atoms with E-state index in [0.29, 0.717) is 5.92 Å². The summed E-state index contributed by atoms with van der Waals surface area (Å²) < 4.78 is 2.10. The highest BCUT2D eigenvalue weighted by Crippen LogP contribution is 2.32. The van der Waals surface area contributed by atoms with Gasteiger partial charge in [-0.2, -0.15) is 5.10 Å². The Hall–Kier alpha value is -2.25. The molecule has 3 aromatic rings. The summed E-state index contributed by atoms with van der Waals surface area (Å²) in [5.41, 5.74) is 7.13. The number of nitrogens with zero attached hydrogens (tertiary/aromatic N) is 3. The number of thiophene rings is 1. The number of thiazole rings is 1. The smallest absolute Gasteiger partial charge is 0.281 e. The third-order valence-electron chi connectivity index (χ3n) is 5.00. The molecule has 0 fully saturated rings. The van der Waals surface area contributed by atoms with Crippen LogP contribution in [-0.2, 0) is 12.8 Å². The summed E-state index contributed by atoms with van der Waals surface area (Å²) >= 11 is 3.20. The molecule has 3 heterocycles. The first-order valence-electron chi connectivity index (χ1n) is 9.06. The average molecular weight is 399 g/mol. The van der Waals surface area contributed by atoms with Crippen molar-refractivity contribution < 1.29 is 4.79 Å². The molecule has 1 aliphatic rings. The van der Waals surface area contributed by atoms with Crippen molar-refractivity contribution in [2.24, 2.45) is 11.0 Å². The first-order valence-corrected chi connectivity index (χ1v) is 10.8. The Labute approximate surface area is 166 Å². The summed E-state index contributed by atoms with van der Waals surface area (Å²) in [5, 5.41) is 7.09. The van der Waals surface area contributed by atoms with Crippen molar-refractivity contribution in [1.82, 2.24) is 15.0 Å². The van der Waals surface area contributed by atoms with Crippen molar-refractivity contribution in [2.75, 3.05) is 0 Å². The predicted molar refractivity (Wildman–Crippen MR) is 111 cm³/mol. The molecule has 1 atom stereocenters.